The second-order valence-corrected chi connectivity index (χ2v) is 8.50. The fourth-order valence-corrected chi connectivity index (χ4v) is 3.75. The fraction of sp³-hybridized carbons (Fsp3) is 0.300. The van der Waals surface area contributed by atoms with Gasteiger partial charge in [-0.05, 0) is 49.5 Å². The van der Waals surface area contributed by atoms with Crippen LogP contribution >= 0.6 is 0 Å². The summed E-state index contributed by atoms with van der Waals surface area (Å²) in [6, 6.07) is 8.36. The lowest BCUT2D eigenvalue weighted by Crippen LogP contribution is -2.48. The largest absolute Gasteiger partial charge is 0.484 e. The number of hydrogen-bond donors (Lipinski definition) is 0. The van der Waals surface area contributed by atoms with E-state index in [2.05, 4.69) is 9.88 Å². The Labute approximate surface area is 169 Å². The number of amides is 1. The number of piperazine rings is 1. The molecule has 0 saturated carbocycles. The van der Waals surface area contributed by atoms with Gasteiger partial charge in [0.25, 0.3) is 5.91 Å². The van der Waals surface area contributed by atoms with Crippen molar-refractivity contribution in [3.8, 4) is 5.75 Å². The molecule has 0 radical (unpaired) electrons. The average Bonchev–Trinajstić information content (AvgIpc) is 2.72. The highest BCUT2D eigenvalue weighted by Crippen LogP contribution is 2.19. The van der Waals surface area contributed by atoms with E-state index in [9.17, 15) is 17.6 Å². The molecule has 0 spiro atoms. The van der Waals surface area contributed by atoms with Gasteiger partial charge in [-0.15, -0.1) is 0 Å². The molecule has 1 aliphatic rings. The zero-order valence-electron chi connectivity index (χ0n) is 16.0. The minimum absolute atomic E-state index is 0.0304. The summed E-state index contributed by atoms with van der Waals surface area (Å²) < 4.78 is 43.8. The van der Waals surface area contributed by atoms with Crippen molar-refractivity contribution >= 4 is 21.8 Å². The van der Waals surface area contributed by atoms with Crippen LogP contribution in [0.25, 0.3) is 6.08 Å². The molecule has 1 amide bonds. The highest BCUT2D eigenvalue weighted by atomic mass is 32.2. The Hall–Kier alpha value is -2.78. The summed E-state index contributed by atoms with van der Waals surface area (Å²) in [6.07, 6.45) is 2.49. The maximum absolute atomic E-state index is 13.6. The molecule has 1 aromatic carbocycles. The molecule has 154 valence electrons. The van der Waals surface area contributed by atoms with Crippen LogP contribution in [0.5, 0.6) is 5.75 Å². The quantitative estimate of drug-likeness (QED) is 0.711. The first-order valence-corrected chi connectivity index (χ1v) is 10.6. The average molecular weight is 419 g/mol. The van der Waals surface area contributed by atoms with Gasteiger partial charge in [0, 0.05) is 37.8 Å². The van der Waals surface area contributed by atoms with Gasteiger partial charge in [0.1, 0.15) is 11.6 Å². The third-order valence-electron chi connectivity index (χ3n) is 4.56. The smallest absolute Gasteiger partial charge is 0.260 e. The summed E-state index contributed by atoms with van der Waals surface area (Å²) in [6.45, 7) is 2.88. The van der Waals surface area contributed by atoms with E-state index in [1.165, 1.54) is 42.6 Å². The first kappa shape index (κ1) is 20.9. The number of pyridine rings is 1. The number of benzene rings is 1. The minimum Gasteiger partial charge on any atom is -0.484 e. The zero-order chi connectivity index (χ0) is 20.9. The van der Waals surface area contributed by atoms with E-state index in [1.54, 1.807) is 4.90 Å². The number of ether oxygens (including phenoxy) is 1. The van der Waals surface area contributed by atoms with E-state index in [4.69, 9.17) is 4.74 Å². The second-order valence-electron chi connectivity index (χ2n) is 6.66. The van der Waals surface area contributed by atoms with Crippen LogP contribution in [0.2, 0.25) is 0 Å². The van der Waals surface area contributed by atoms with Crippen LogP contribution in [-0.4, -0.2) is 68.9 Å². The van der Waals surface area contributed by atoms with Crippen LogP contribution < -0.4 is 4.74 Å². The van der Waals surface area contributed by atoms with Gasteiger partial charge in [-0.3, -0.25) is 9.78 Å². The topological polar surface area (TPSA) is 79.8 Å². The molecule has 0 N–H and O–H groups in total. The van der Waals surface area contributed by atoms with Gasteiger partial charge in [-0.1, -0.05) is 0 Å². The molecular formula is C20H22FN3O4S. The molecule has 0 atom stereocenters. The van der Waals surface area contributed by atoms with E-state index in [0.29, 0.717) is 18.8 Å². The Morgan fingerprint density at radius 1 is 1.17 bits per heavy atom. The third-order valence-corrected chi connectivity index (χ3v) is 5.99. The van der Waals surface area contributed by atoms with Crippen molar-refractivity contribution < 1.29 is 22.3 Å². The maximum atomic E-state index is 13.6. The van der Waals surface area contributed by atoms with Crippen LogP contribution in [0.15, 0.2) is 52.9 Å². The van der Waals surface area contributed by atoms with Crippen LogP contribution in [0.4, 0.5) is 4.39 Å². The molecule has 1 saturated heterocycles. The lowest BCUT2D eigenvalue weighted by molar-refractivity contribution is -0.134. The lowest BCUT2D eigenvalue weighted by Gasteiger charge is -2.32. The highest BCUT2D eigenvalue weighted by Gasteiger charge is 2.19. The Bertz CT molecular complexity index is 985. The summed E-state index contributed by atoms with van der Waals surface area (Å²) in [5, 5.41) is 0.908. The van der Waals surface area contributed by atoms with Crippen LogP contribution in [0.1, 0.15) is 5.69 Å². The maximum Gasteiger partial charge on any atom is 0.260 e. The van der Waals surface area contributed by atoms with Gasteiger partial charge in [-0.25, -0.2) is 12.8 Å². The monoisotopic (exact) mass is 419 g/mol. The van der Waals surface area contributed by atoms with Gasteiger partial charge < -0.3 is 14.5 Å². The Morgan fingerprint density at radius 3 is 2.52 bits per heavy atom. The van der Waals surface area contributed by atoms with E-state index in [-0.39, 0.29) is 23.1 Å². The predicted octanol–water partition coefficient (Wildman–Crippen LogP) is 1.82. The number of sulfone groups is 1. The first-order chi connectivity index (χ1) is 13.8. The number of aromatic nitrogens is 1. The van der Waals surface area contributed by atoms with E-state index in [0.717, 1.165) is 24.6 Å². The van der Waals surface area contributed by atoms with Crippen LogP contribution in [-0.2, 0) is 14.6 Å². The molecule has 7 nitrogen and oxygen atoms in total. The summed E-state index contributed by atoms with van der Waals surface area (Å²) >= 11 is 0. The van der Waals surface area contributed by atoms with Crippen LogP contribution in [0, 0.1) is 5.82 Å². The summed E-state index contributed by atoms with van der Waals surface area (Å²) in [5.74, 6) is -0.311. The van der Waals surface area contributed by atoms with Gasteiger partial charge in [0.05, 0.1) is 10.6 Å². The predicted molar refractivity (Wildman–Crippen MR) is 106 cm³/mol. The first-order valence-electron chi connectivity index (χ1n) is 9.08. The van der Waals surface area contributed by atoms with Crippen molar-refractivity contribution in [2.75, 3.05) is 39.8 Å². The molecule has 29 heavy (non-hydrogen) atoms. The van der Waals surface area contributed by atoms with Crippen molar-refractivity contribution in [3.05, 3.63) is 59.5 Å². The summed E-state index contributed by atoms with van der Waals surface area (Å²) in [4.78, 5) is 19.9. The number of hydrogen-bond acceptors (Lipinski definition) is 6. The Kier molecular flexibility index (Phi) is 6.60. The van der Waals surface area contributed by atoms with E-state index in [1.807, 2.05) is 7.05 Å². The van der Waals surface area contributed by atoms with Gasteiger partial charge in [-0.2, -0.15) is 0 Å². The molecule has 1 aromatic heterocycles. The van der Waals surface area contributed by atoms with Gasteiger partial charge in [0.2, 0.25) is 0 Å². The SMILES string of the molecule is CN1CCN(C(=O)COc2ccc(S(=O)(=O)/C=C/c3ncccc3F)cc2)CC1. The molecule has 9 heteroatoms. The molecular weight excluding hydrogens is 397 g/mol. The van der Waals surface area contributed by atoms with E-state index < -0.39 is 15.7 Å². The van der Waals surface area contributed by atoms with Crippen LogP contribution in [0.3, 0.4) is 0 Å². The number of rotatable bonds is 6. The standard InChI is InChI=1S/C20H22FN3O4S/c1-23-10-12-24(13-11-23)20(25)15-28-16-4-6-17(7-5-16)29(26,27)14-8-19-18(21)3-2-9-22-19/h2-9,14H,10-13,15H2,1H3/b14-8+. The third kappa shape index (κ3) is 5.61. The number of halogens is 1. The minimum atomic E-state index is -3.77. The highest BCUT2D eigenvalue weighted by molar-refractivity contribution is 7.94. The number of carbonyl (C=O) groups is 1. The molecule has 1 aliphatic heterocycles. The molecule has 1 fully saturated rings. The van der Waals surface area contributed by atoms with E-state index >= 15 is 0 Å². The van der Waals surface area contributed by atoms with Crippen molar-refractivity contribution in [3.63, 3.8) is 0 Å². The molecule has 2 aromatic rings. The molecule has 0 aliphatic carbocycles. The normalized spacial score (nSPS) is 15.6. The fourth-order valence-electron chi connectivity index (χ4n) is 2.77. The number of likely N-dealkylation sites (N-methyl/N-ethyl adjacent to an activating group) is 1. The van der Waals surface area contributed by atoms with Gasteiger partial charge in [0.15, 0.2) is 16.4 Å². The molecule has 0 unspecified atom stereocenters. The lowest BCUT2D eigenvalue weighted by atomic mass is 10.3. The Balaban J connectivity index is 1.59. The number of carbonyl (C=O) groups excluding carboxylic acids is 1. The summed E-state index contributed by atoms with van der Waals surface area (Å²) in [5.41, 5.74) is -0.0570. The van der Waals surface area contributed by atoms with Gasteiger partial charge >= 0.3 is 0 Å². The molecule has 3 rings (SSSR count). The van der Waals surface area contributed by atoms with Crippen molar-refractivity contribution in [2.45, 2.75) is 4.90 Å². The molecule has 0 bridgehead atoms. The van der Waals surface area contributed by atoms with Crippen molar-refractivity contribution in [1.29, 1.82) is 0 Å². The van der Waals surface area contributed by atoms with Crippen molar-refractivity contribution in [1.82, 2.24) is 14.8 Å². The number of nitrogens with zero attached hydrogens (tertiary/aromatic N) is 3. The summed E-state index contributed by atoms with van der Waals surface area (Å²) in [7, 11) is -1.76. The Morgan fingerprint density at radius 2 is 1.86 bits per heavy atom. The second kappa shape index (κ2) is 9.15. The van der Waals surface area contributed by atoms with Crippen molar-refractivity contribution in [2.24, 2.45) is 0 Å². The zero-order valence-corrected chi connectivity index (χ0v) is 16.8. The molecule has 2 heterocycles.